The van der Waals surface area contributed by atoms with Gasteiger partial charge in [-0.1, -0.05) is 19.8 Å². The van der Waals surface area contributed by atoms with E-state index in [1.54, 1.807) is 0 Å². The van der Waals surface area contributed by atoms with E-state index in [4.69, 9.17) is 0 Å². The number of aromatic nitrogens is 2. The predicted molar refractivity (Wildman–Crippen MR) is 78.9 cm³/mol. The molecule has 1 N–H and O–H groups in total. The lowest BCUT2D eigenvalue weighted by atomic mass is 10.1. The number of hydrogen-bond acceptors (Lipinski definition) is 3. The zero-order chi connectivity index (χ0) is 13.7. The van der Waals surface area contributed by atoms with Gasteiger partial charge in [0.15, 0.2) is 0 Å². The number of rotatable bonds is 5. The molecule has 0 radical (unpaired) electrons. The van der Waals surface area contributed by atoms with Crippen molar-refractivity contribution in [2.75, 3.05) is 18.0 Å². The molecule has 0 amide bonds. The fourth-order valence-electron chi connectivity index (χ4n) is 2.70. The van der Waals surface area contributed by atoms with Crippen LogP contribution in [0.25, 0.3) is 0 Å². The van der Waals surface area contributed by atoms with Crippen LogP contribution in [-0.4, -0.2) is 23.1 Å². The highest BCUT2D eigenvalue weighted by Crippen LogP contribution is 2.16. The van der Waals surface area contributed by atoms with Gasteiger partial charge < -0.3 is 4.90 Å². The van der Waals surface area contributed by atoms with Gasteiger partial charge in [-0.3, -0.25) is 9.78 Å². The smallest absolute Gasteiger partial charge is 0.255 e. The molecule has 0 unspecified atom stereocenters. The van der Waals surface area contributed by atoms with Crippen LogP contribution in [-0.2, 0) is 6.42 Å². The van der Waals surface area contributed by atoms with E-state index in [1.807, 2.05) is 6.92 Å². The molecular formula is C15H25N3O. The third kappa shape index (κ3) is 3.58. The van der Waals surface area contributed by atoms with E-state index in [1.165, 1.54) is 32.1 Å². The average molecular weight is 263 g/mol. The number of aromatic amines is 1. The summed E-state index contributed by atoms with van der Waals surface area (Å²) in [4.78, 5) is 22.0. The Morgan fingerprint density at radius 2 is 1.95 bits per heavy atom. The molecule has 1 aromatic heterocycles. The monoisotopic (exact) mass is 263 g/mol. The van der Waals surface area contributed by atoms with Gasteiger partial charge in [0.1, 0.15) is 0 Å². The molecule has 1 saturated heterocycles. The van der Waals surface area contributed by atoms with Crippen LogP contribution in [0.2, 0.25) is 0 Å². The summed E-state index contributed by atoms with van der Waals surface area (Å²) in [7, 11) is 0. The van der Waals surface area contributed by atoms with Crippen LogP contribution in [0.3, 0.4) is 0 Å². The first kappa shape index (κ1) is 14.1. The molecule has 1 aromatic rings. The SMILES string of the molecule is CCCCCc1c(C)nc(N2CCCCC2)[nH]c1=O. The van der Waals surface area contributed by atoms with E-state index in [0.29, 0.717) is 0 Å². The highest BCUT2D eigenvalue weighted by molar-refractivity contribution is 5.33. The largest absolute Gasteiger partial charge is 0.342 e. The lowest BCUT2D eigenvalue weighted by molar-refractivity contribution is 0.566. The minimum Gasteiger partial charge on any atom is -0.342 e. The van der Waals surface area contributed by atoms with Gasteiger partial charge in [0, 0.05) is 24.3 Å². The Balaban J connectivity index is 2.13. The van der Waals surface area contributed by atoms with E-state index in [0.717, 1.165) is 43.1 Å². The second-order valence-electron chi connectivity index (χ2n) is 5.46. The molecule has 4 heteroatoms. The Kier molecular flexibility index (Phi) is 5.00. The molecule has 19 heavy (non-hydrogen) atoms. The van der Waals surface area contributed by atoms with Crippen LogP contribution >= 0.6 is 0 Å². The molecule has 0 spiro atoms. The molecule has 1 aliphatic rings. The van der Waals surface area contributed by atoms with Crippen molar-refractivity contribution in [1.82, 2.24) is 9.97 Å². The molecule has 0 bridgehead atoms. The number of anilines is 1. The van der Waals surface area contributed by atoms with Gasteiger partial charge in [0.25, 0.3) is 5.56 Å². The summed E-state index contributed by atoms with van der Waals surface area (Å²) < 4.78 is 0. The van der Waals surface area contributed by atoms with Crippen molar-refractivity contribution >= 4 is 5.95 Å². The first-order valence-electron chi connectivity index (χ1n) is 7.57. The predicted octanol–water partition coefficient (Wildman–Crippen LogP) is 2.80. The maximum atomic E-state index is 12.2. The Bertz CT molecular complexity index is 461. The fraction of sp³-hybridized carbons (Fsp3) is 0.733. The van der Waals surface area contributed by atoms with Gasteiger partial charge in [-0.25, -0.2) is 4.98 Å². The molecule has 1 aliphatic heterocycles. The van der Waals surface area contributed by atoms with E-state index in [-0.39, 0.29) is 5.56 Å². The lowest BCUT2D eigenvalue weighted by Gasteiger charge is -2.27. The van der Waals surface area contributed by atoms with Crippen molar-refractivity contribution in [3.05, 3.63) is 21.6 Å². The maximum Gasteiger partial charge on any atom is 0.255 e. The van der Waals surface area contributed by atoms with Crippen molar-refractivity contribution in [3.63, 3.8) is 0 Å². The third-order valence-electron chi connectivity index (χ3n) is 3.90. The highest BCUT2D eigenvalue weighted by Gasteiger charge is 2.15. The lowest BCUT2D eigenvalue weighted by Crippen LogP contribution is -2.33. The van der Waals surface area contributed by atoms with Crippen LogP contribution in [0.5, 0.6) is 0 Å². The first-order chi connectivity index (χ1) is 9.22. The van der Waals surface area contributed by atoms with Gasteiger partial charge in [0.05, 0.1) is 0 Å². The van der Waals surface area contributed by atoms with E-state index in [2.05, 4.69) is 21.8 Å². The number of aryl methyl sites for hydroxylation is 1. The van der Waals surface area contributed by atoms with Gasteiger partial charge in [-0.15, -0.1) is 0 Å². The normalized spacial score (nSPS) is 15.8. The Morgan fingerprint density at radius 3 is 2.58 bits per heavy atom. The standard InChI is InChI=1S/C15H25N3O/c1-3-4-6-9-13-12(2)16-15(17-14(13)19)18-10-7-5-8-11-18/h3-11H2,1-2H3,(H,16,17,19). The molecule has 0 atom stereocenters. The second kappa shape index (κ2) is 6.73. The number of H-pyrrole nitrogens is 1. The Labute approximate surface area is 115 Å². The first-order valence-corrected chi connectivity index (χ1v) is 7.57. The van der Waals surface area contributed by atoms with Gasteiger partial charge in [0.2, 0.25) is 5.95 Å². The molecule has 0 saturated carbocycles. The molecule has 0 aliphatic carbocycles. The van der Waals surface area contributed by atoms with Crippen LogP contribution in [0.4, 0.5) is 5.95 Å². The minimum absolute atomic E-state index is 0.0594. The molecule has 4 nitrogen and oxygen atoms in total. The maximum absolute atomic E-state index is 12.2. The topological polar surface area (TPSA) is 49.0 Å². The number of nitrogens with zero attached hydrogens (tertiary/aromatic N) is 2. The molecular weight excluding hydrogens is 238 g/mol. The van der Waals surface area contributed by atoms with Gasteiger partial charge >= 0.3 is 0 Å². The van der Waals surface area contributed by atoms with E-state index in [9.17, 15) is 4.79 Å². The van der Waals surface area contributed by atoms with Crippen molar-refractivity contribution in [2.24, 2.45) is 0 Å². The summed E-state index contributed by atoms with van der Waals surface area (Å²) in [5.41, 5.74) is 1.83. The van der Waals surface area contributed by atoms with Gasteiger partial charge in [-0.05, 0) is 39.0 Å². The number of piperidine rings is 1. The summed E-state index contributed by atoms with van der Waals surface area (Å²) in [5.74, 6) is 0.765. The summed E-state index contributed by atoms with van der Waals surface area (Å²) in [6.45, 7) is 6.16. The van der Waals surface area contributed by atoms with Crippen LogP contribution in [0, 0.1) is 6.92 Å². The zero-order valence-corrected chi connectivity index (χ0v) is 12.2. The molecule has 1 fully saturated rings. The van der Waals surface area contributed by atoms with E-state index < -0.39 is 0 Å². The summed E-state index contributed by atoms with van der Waals surface area (Å²) in [5, 5.41) is 0. The highest BCUT2D eigenvalue weighted by atomic mass is 16.1. The third-order valence-corrected chi connectivity index (χ3v) is 3.90. The number of nitrogens with one attached hydrogen (secondary N) is 1. The second-order valence-corrected chi connectivity index (χ2v) is 5.46. The Morgan fingerprint density at radius 1 is 1.21 bits per heavy atom. The quantitative estimate of drug-likeness (QED) is 0.831. The molecule has 106 valence electrons. The number of hydrogen-bond donors (Lipinski definition) is 1. The molecule has 2 heterocycles. The van der Waals surface area contributed by atoms with Crippen LogP contribution in [0.1, 0.15) is 56.7 Å². The molecule has 2 rings (SSSR count). The molecule has 0 aromatic carbocycles. The van der Waals surface area contributed by atoms with Crippen molar-refractivity contribution in [1.29, 1.82) is 0 Å². The summed E-state index contributed by atoms with van der Waals surface area (Å²) in [6.07, 6.45) is 7.95. The van der Waals surface area contributed by atoms with Gasteiger partial charge in [-0.2, -0.15) is 0 Å². The van der Waals surface area contributed by atoms with Crippen LogP contribution in [0.15, 0.2) is 4.79 Å². The Hall–Kier alpha value is -1.32. The average Bonchev–Trinajstić information content (AvgIpc) is 2.43. The van der Waals surface area contributed by atoms with Crippen LogP contribution < -0.4 is 10.5 Å². The fourth-order valence-corrected chi connectivity index (χ4v) is 2.70. The minimum atomic E-state index is 0.0594. The summed E-state index contributed by atoms with van der Waals surface area (Å²) in [6, 6.07) is 0. The van der Waals surface area contributed by atoms with Crippen molar-refractivity contribution in [2.45, 2.75) is 58.8 Å². The zero-order valence-electron chi connectivity index (χ0n) is 12.2. The van der Waals surface area contributed by atoms with Crippen molar-refractivity contribution in [3.8, 4) is 0 Å². The van der Waals surface area contributed by atoms with E-state index >= 15 is 0 Å². The summed E-state index contributed by atoms with van der Waals surface area (Å²) >= 11 is 0. The number of unbranched alkanes of at least 4 members (excludes halogenated alkanes) is 2. The van der Waals surface area contributed by atoms with Crippen molar-refractivity contribution < 1.29 is 0 Å².